The van der Waals surface area contributed by atoms with Gasteiger partial charge in [0.25, 0.3) is 0 Å². The predicted octanol–water partition coefficient (Wildman–Crippen LogP) is 4.31. The predicted molar refractivity (Wildman–Crippen MR) is 94.1 cm³/mol. The van der Waals surface area contributed by atoms with E-state index in [-0.39, 0.29) is 5.41 Å². The molecule has 1 saturated heterocycles. The molecule has 0 spiro atoms. The number of piperidine rings is 1. The Kier molecular flexibility index (Phi) is 4.79. The lowest BCUT2D eigenvalue weighted by Crippen LogP contribution is -2.42. The van der Waals surface area contributed by atoms with Gasteiger partial charge >= 0.3 is 0 Å². The van der Waals surface area contributed by atoms with Crippen LogP contribution in [0.15, 0.2) is 54.6 Å². The Morgan fingerprint density at radius 2 is 1.65 bits per heavy atom. The van der Waals surface area contributed by atoms with Gasteiger partial charge in [0.05, 0.1) is 11.5 Å². The van der Waals surface area contributed by atoms with Gasteiger partial charge in [0, 0.05) is 19.6 Å². The third-order valence-electron chi connectivity index (χ3n) is 5.09. The van der Waals surface area contributed by atoms with E-state index in [9.17, 15) is 5.26 Å². The van der Waals surface area contributed by atoms with E-state index in [0.717, 1.165) is 38.9 Å². The number of aryl methyl sites for hydroxylation is 1. The van der Waals surface area contributed by atoms with Crippen LogP contribution in [0.3, 0.4) is 0 Å². The van der Waals surface area contributed by atoms with Gasteiger partial charge in [0.2, 0.25) is 0 Å². The van der Waals surface area contributed by atoms with Gasteiger partial charge in [-0.15, -0.1) is 0 Å². The molecule has 0 amide bonds. The molecule has 118 valence electrons. The number of hydrogen-bond donors (Lipinski definition) is 0. The maximum Gasteiger partial charge on any atom is 0.0849 e. The van der Waals surface area contributed by atoms with Crippen molar-refractivity contribution < 1.29 is 0 Å². The zero-order valence-electron chi connectivity index (χ0n) is 13.8. The van der Waals surface area contributed by atoms with E-state index in [1.807, 2.05) is 0 Å². The quantitative estimate of drug-likeness (QED) is 0.841. The molecular formula is C21H24N2. The van der Waals surface area contributed by atoms with E-state index in [0.29, 0.717) is 0 Å². The molecule has 23 heavy (non-hydrogen) atoms. The average Bonchev–Trinajstić information content (AvgIpc) is 2.63. The minimum absolute atomic E-state index is 0.306. The van der Waals surface area contributed by atoms with Crippen LogP contribution in [0.5, 0.6) is 0 Å². The molecule has 1 aliphatic rings. The molecule has 0 unspecified atom stereocenters. The maximum atomic E-state index is 9.92. The van der Waals surface area contributed by atoms with E-state index in [2.05, 4.69) is 72.5 Å². The van der Waals surface area contributed by atoms with Crippen LogP contribution in [0.2, 0.25) is 0 Å². The minimum atomic E-state index is -0.306. The molecular weight excluding hydrogens is 280 g/mol. The number of likely N-dealkylation sites (tertiary alicyclic amines) is 1. The van der Waals surface area contributed by atoms with Crippen molar-refractivity contribution in [3.63, 3.8) is 0 Å². The van der Waals surface area contributed by atoms with Crippen LogP contribution in [-0.2, 0) is 18.4 Å². The fourth-order valence-corrected chi connectivity index (χ4v) is 3.67. The Balaban J connectivity index is 1.74. The normalized spacial score (nSPS) is 17.6. The largest absolute Gasteiger partial charge is 0.299 e. The lowest BCUT2D eigenvalue weighted by Gasteiger charge is -2.38. The molecule has 1 heterocycles. The first kappa shape index (κ1) is 15.8. The molecule has 0 aliphatic carbocycles. The van der Waals surface area contributed by atoms with Gasteiger partial charge in [-0.25, -0.2) is 0 Å². The molecule has 2 nitrogen and oxygen atoms in total. The highest BCUT2D eigenvalue weighted by Crippen LogP contribution is 2.37. The summed E-state index contributed by atoms with van der Waals surface area (Å²) in [5.74, 6) is 0. The molecule has 2 aromatic carbocycles. The van der Waals surface area contributed by atoms with Crippen molar-refractivity contribution >= 4 is 0 Å². The number of nitriles is 1. The molecule has 3 rings (SSSR count). The van der Waals surface area contributed by atoms with Gasteiger partial charge in [-0.05, 0) is 36.0 Å². The molecule has 2 aromatic rings. The van der Waals surface area contributed by atoms with Crippen molar-refractivity contribution in [2.24, 2.45) is 0 Å². The summed E-state index contributed by atoms with van der Waals surface area (Å²) < 4.78 is 0. The summed E-state index contributed by atoms with van der Waals surface area (Å²) in [7, 11) is 0. The highest BCUT2D eigenvalue weighted by molar-refractivity contribution is 5.40. The molecule has 0 N–H and O–H groups in total. The molecule has 0 radical (unpaired) electrons. The number of rotatable bonds is 4. The van der Waals surface area contributed by atoms with Gasteiger partial charge in [0.1, 0.15) is 0 Å². The van der Waals surface area contributed by atoms with Crippen molar-refractivity contribution in [3.05, 3.63) is 71.3 Å². The average molecular weight is 304 g/mol. The molecule has 0 saturated carbocycles. The van der Waals surface area contributed by atoms with Crippen molar-refractivity contribution in [1.82, 2.24) is 4.90 Å². The van der Waals surface area contributed by atoms with Gasteiger partial charge in [0.15, 0.2) is 0 Å². The second-order valence-electron chi connectivity index (χ2n) is 6.47. The fraction of sp³-hybridized carbons (Fsp3) is 0.381. The SMILES string of the molecule is CCc1ccccc1C1(C#N)CCN(Cc2ccccc2)CC1. The van der Waals surface area contributed by atoms with E-state index in [4.69, 9.17) is 0 Å². The van der Waals surface area contributed by atoms with Gasteiger partial charge in [-0.2, -0.15) is 5.26 Å². The fourth-order valence-electron chi connectivity index (χ4n) is 3.67. The third kappa shape index (κ3) is 3.30. The van der Waals surface area contributed by atoms with Crippen LogP contribution in [0.25, 0.3) is 0 Å². The van der Waals surface area contributed by atoms with Crippen molar-refractivity contribution in [2.75, 3.05) is 13.1 Å². The zero-order valence-corrected chi connectivity index (χ0v) is 13.8. The Morgan fingerprint density at radius 3 is 2.30 bits per heavy atom. The van der Waals surface area contributed by atoms with Crippen molar-refractivity contribution in [1.29, 1.82) is 5.26 Å². The smallest absolute Gasteiger partial charge is 0.0849 e. The standard InChI is InChI=1S/C21H24N2/c1-2-19-10-6-7-11-20(19)21(17-22)12-14-23(15-13-21)16-18-8-4-3-5-9-18/h3-11H,2,12-16H2,1H3. The second kappa shape index (κ2) is 6.98. The molecule has 2 heteroatoms. The first-order valence-electron chi connectivity index (χ1n) is 8.53. The van der Waals surface area contributed by atoms with E-state index >= 15 is 0 Å². The van der Waals surface area contributed by atoms with Crippen LogP contribution >= 0.6 is 0 Å². The molecule has 1 fully saturated rings. The first-order valence-corrected chi connectivity index (χ1v) is 8.53. The summed E-state index contributed by atoms with van der Waals surface area (Å²) in [5, 5.41) is 9.92. The topological polar surface area (TPSA) is 27.0 Å². The van der Waals surface area contributed by atoms with E-state index < -0.39 is 0 Å². The zero-order chi connectivity index (χ0) is 16.1. The Labute approximate surface area is 139 Å². The van der Waals surface area contributed by atoms with Crippen molar-refractivity contribution in [2.45, 2.75) is 38.1 Å². The highest BCUT2D eigenvalue weighted by atomic mass is 15.1. The number of nitrogens with zero attached hydrogens (tertiary/aromatic N) is 2. The van der Waals surface area contributed by atoms with Crippen LogP contribution < -0.4 is 0 Å². The van der Waals surface area contributed by atoms with E-state index in [1.54, 1.807) is 0 Å². The Morgan fingerprint density at radius 1 is 1.00 bits per heavy atom. The van der Waals surface area contributed by atoms with Crippen LogP contribution in [0.4, 0.5) is 0 Å². The van der Waals surface area contributed by atoms with E-state index in [1.165, 1.54) is 16.7 Å². The monoisotopic (exact) mass is 304 g/mol. The summed E-state index contributed by atoms with van der Waals surface area (Å²) in [6.45, 7) is 5.13. The lowest BCUT2D eigenvalue weighted by atomic mass is 9.72. The van der Waals surface area contributed by atoms with Gasteiger partial charge < -0.3 is 0 Å². The van der Waals surface area contributed by atoms with Crippen LogP contribution in [0.1, 0.15) is 36.5 Å². The first-order chi connectivity index (χ1) is 11.3. The maximum absolute atomic E-state index is 9.92. The minimum Gasteiger partial charge on any atom is -0.299 e. The summed E-state index contributed by atoms with van der Waals surface area (Å²) in [4.78, 5) is 2.47. The lowest BCUT2D eigenvalue weighted by molar-refractivity contribution is 0.178. The second-order valence-corrected chi connectivity index (χ2v) is 6.47. The number of benzene rings is 2. The molecule has 0 bridgehead atoms. The van der Waals surface area contributed by atoms with Gasteiger partial charge in [-0.3, -0.25) is 4.90 Å². The molecule has 0 atom stereocenters. The molecule has 0 aromatic heterocycles. The Hall–Kier alpha value is -2.11. The Bertz CT molecular complexity index is 676. The van der Waals surface area contributed by atoms with Crippen molar-refractivity contribution in [3.8, 4) is 6.07 Å². The van der Waals surface area contributed by atoms with Crippen LogP contribution in [-0.4, -0.2) is 18.0 Å². The third-order valence-corrected chi connectivity index (χ3v) is 5.09. The number of hydrogen-bond acceptors (Lipinski definition) is 2. The van der Waals surface area contributed by atoms with Crippen LogP contribution in [0, 0.1) is 11.3 Å². The molecule has 1 aliphatic heterocycles. The summed E-state index contributed by atoms with van der Waals surface area (Å²) in [5.41, 5.74) is 3.63. The summed E-state index contributed by atoms with van der Waals surface area (Å²) in [6, 6.07) is 21.8. The highest BCUT2D eigenvalue weighted by Gasteiger charge is 2.37. The summed E-state index contributed by atoms with van der Waals surface area (Å²) >= 11 is 0. The van der Waals surface area contributed by atoms with Gasteiger partial charge in [-0.1, -0.05) is 61.5 Å². The summed E-state index contributed by atoms with van der Waals surface area (Å²) in [6.07, 6.45) is 2.84.